The Morgan fingerprint density at radius 1 is 1.00 bits per heavy atom. The maximum Gasteiger partial charge on any atom is 0.314 e. The van der Waals surface area contributed by atoms with Crippen molar-refractivity contribution in [3.8, 4) is 0 Å². The highest BCUT2D eigenvalue weighted by molar-refractivity contribution is 6.44. The number of para-hydroxylation sites is 1. The van der Waals surface area contributed by atoms with Gasteiger partial charge in [0.05, 0.1) is 16.2 Å². The average molecular weight is 344 g/mol. The Morgan fingerprint density at radius 3 is 2.54 bits per heavy atom. The minimum atomic E-state index is -0.898. The lowest BCUT2D eigenvalue weighted by Crippen LogP contribution is -2.29. The van der Waals surface area contributed by atoms with Gasteiger partial charge in [-0.25, -0.2) is 4.39 Å². The fraction of sp³-hybridized carbons (Fsp3) is 0. The van der Waals surface area contributed by atoms with Crippen LogP contribution >= 0.6 is 11.6 Å². The van der Waals surface area contributed by atoms with Crippen LogP contribution in [-0.2, 0) is 9.59 Å². The molecule has 0 radical (unpaired) electrons. The van der Waals surface area contributed by atoms with Crippen molar-refractivity contribution in [2.24, 2.45) is 0 Å². The number of carbonyl (C=O) groups is 2. The number of amides is 2. The van der Waals surface area contributed by atoms with E-state index in [1.165, 1.54) is 12.1 Å². The van der Waals surface area contributed by atoms with E-state index in [1.54, 1.807) is 24.4 Å². The van der Waals surface area contributed by atoms with Crippen molar-refractivity contribution < 1.29 is 14.0 Å². The monoisotopic (exact) mass is 343 g/mol. The maximum absolute atomic E-state index is 13.1. The molecule has 0 unspecified atom stereocenters. The number of benzene rings is 2. The molecule has 0 bridgehead atoms. The number of carbonyl (C=O) groups excluding carboxylic acids is 2. The summed E-state index contributed by atoms with van der Waals surface area (Å²) in [6.07, 6.45) is 1.60. The molecule has 0 saturated heterocycles. The van der Waals surface area contributed by atoms with Gasteiger partial charge in [0.1, 0.15) is 5.82 Å². The van der Waals surface area contributed by atoms with E-state index in [1.807, 2.05) is 12.1 Å². The summed E-state index contributed by atoms with van der Waals surface area (Å²) in [5.41, 5.74) is 1.22. The van der Waals surface area contributed by atoms with Gasteiger partial charge in [-0.05, 0) is 30.3 Å². The first-order valence-corrected chi connectivity index (χ1v) is 7.33. The molecule has 0 saturated carbocycles. The summed E-state index contributed by atoms with van der Waals surface area (Å²) in [4.78, 5) is 28.2. The lowest BCUT2D eigenvalue weighted by Gasteiger charge is -2.09. The number of rotatable bonds is 2. The molecule has 5 nitrogen and oxygen atoms in total. The number of fused-ring (bicyclic) bond motifs is 1. The quantitative estimate of drug-likeness (QED) is 0.698. The SMILES string of the molecule is O=C(Nc1ccc(F)c(Cl)c1)C(=O)Nc1cccc2cccnc12. The highest BCUT2D eigenvalue weighted by Gasteiger charge is 2.16. The average Bonchev–Trinajstić information content (AvgIpc) is 2.58. The van der Waals surface area contributed by atoms with Crippen LogP contribution in [0.2, 0.25) is 5.02 Å². The predicted octanol–water partition coefficient (Wildman–Crippen LogP) is 3.60. The van der Waals surface area contributed by atoms with E-state index in [0.29, 0.717) is 11.2 Å². The molecule has 0 spiro atoms. The molecule has 0 atom stereocenters. The van der Waals surface area contributed by atoms with Gasteiger partial charge in [-0.15, -0.1) is 0 Å². The summed E-state index contributed by atoms with van der Waals surface area (Å²) in [5, 5.41) is 5.55. The topological polar surface area (TPSA) is 71.1 Å². The van der Waals surface area contributed by atoms with Crippen molar-refractivity contribution in [2.75, 3.05) is 10.6 Å². The predicted molar refractivity (Wildman–Crippen MR) is 90.4 cm³/mol. The lowest BCUT2D eigenvalue weighted by molar-refractivity contribution is -0.132. The van der Waals surface area contributed by atoms with Crippen molar-refractivity contribution >= 4 is 45.7 Å². The smallest absolute Gasteiger partial charge is 0.314 e. The van der Waals surface area contributed by atoms with Crippen molar-refractivity contribution in [1.29, 1.82) is 0 Å². The Hall–Kier alpha value is -2.99. The molecule has 3 rings (SSSR count). The molecule has 1 heterocycles. The maximum atomic E-state index is 13.1. The number of anilines is 2. The molecule has 2 amide bonds. The zero-order chi connectivity index (χ0) is 17.1. The largest absolute Gasteiger partial charge is 0.318 e. The summed E-state index contributed by atoms with van der Waals surface area (Å²) in [7, 11) is 0. The summed E-state index contributed by atoms with van der Waals surface area (Å²) in [6.45, 7) is 0. The van der Waals surface area contributed by atoms with Gasteiger partial charge in [-0.2, -0.15) is 0 Å². The van der Waals surface area contributed by atoms with E-state index in [0.717, 1.165) is 11.5 Å². The van der Waals surface area contributed by atoms with Crippen LogP contribution in [0.15, 0.2) is 54.7 Å². The van der Waals surface area contributed by atoms with E-state index in [9.17, 15) is 14.0 Å². The normalized spacial score (nSPS) is 10.4. The second-order valence-electron chi connectivity index (χ2n) is 4.92. The molecule has 120 valence electrons. The van der Waals surface area contributed by atoms with E-state index in [-0.39, 0.29) is 10.7 Å². The van der Waals surface area contributed by atoms with Crippen molar-refractivity contribution in [1.82, 2.24) is 4.98 Å². The summed E-state index contributed by atoms with van der Waals surface area (Å²) in [6, 6.07) is 12.5. The number of hydrogen-bond donors (Lipinski definition) is 2. The Kier molecular flexibility index (Phi) is 4.39. The van der Waals surface area contributed by atoms with Gasteiger partial charge >= 0.3 is 11.8 Å². The molecule has 7 heteroatoms. The number of nitrogens with one attached hydrogen (secondary N) is 2. The molecule has 0 aliphatic rings. The van der Waals surface area contributed by atoms with Gasteiger partial charge in [-0.3, -0.25) is 14.6 Å². The Balaban J connectivity index is 1.76. The van der Waals surface area contributed by atoms with E-state index < -0.39 is 17.6 Å². The van der Waals surface area contributed by atoms with Crippen LogP contribution in [0.4, 0.5) is 15.8 Å². The number of pyridine rings is 1. The molecule has 2 N–H and O–H groups in total. The lowest BCUT2D eigenvalue weighted by atomic mass is 10.2. The Bertz CT molecular complexity index is 941. The van der Waals surface area contributed by atoms with E-state index >= 15 is 0 Å². The van der Waals surface area contributed by atoms with Gasteiger partial charge in [0.25, 0.3) is 0 Å². The van der Waals surface area contributed by atoms with Crippen LogP contribution in [0, 0.1) is 5.82 Å². The minimum absolute atomic E-state index is 0.147. The fourth-order valence-corrected chi connectivity index (χ4v) is 2.33. The molecular formula is C17H11ClFN3O2. The van der Waals surface area contributed by atoms with Crippen LogP contribution in [0.3, 0.4) is 0 Å². The zero-order valence-corrected chi connectivity index (χ0v) is 13.0. The molecule has 2 aromatic carbocycles. The molecule has 0 fully saturated rings. The van der Waals surface area contributed by atoms with Crippen LogP contribution in [-0.4, -0.2) is 16.8 Å². The number of nitrogens with zero attached hydrogens (tertiary/aromatic N) is 1. The molecular weight excluding hydrogens is 333 g/mol. The fourth-order valence-electron chi connectivity index (χ4n) is 2.15. The summed E-state index contributed by atoms with van der Waals surface area (Å²) < 4.78 is 13.1. The van der Waals surface area contributed by atoms with Gasteiger partial charge in [-0.1, -0.05) is 29.8 Å². The second-order valence-corrected chi connectivity index (χ2v) is 5.33. The highest BCUT2D eigenvalue weighted by Crippen LogP contribution is 2.21. The first kappa shape index (κ1) is 15.9. The number of hydrogen-bond acceptors (Lipinski definition) is 3. The number of halogens is 2. The Labute approximate surface area is 141 Å². The molecule has 24 heavy (non-hydrogen) atoms. The highest BCUT2D eigenvalue weighted by atomic mass is 35.5. The number of aromatic nitrogens is 1. The first-order valence-electron chi connectivity index (χ1n) is 6.96. The van der Waals surface area contributed by atoms with E-state index in [4.69, 9.17) is 11.6 Å². The van der Waals surface area contributed by atoms with Crippen LogP contribution < -0.4 is 10.6 Å². The second kappa shape index (κ2) is 6.64. The van der Waals surface area contributed by atoms with Crippen molar-refractivity contribution in [3.63, 3.8) is 0 Å². The molecule has 1 aromatic heterocycles. The van der Waals surface area contributed by atoms with Crippen molar-refractivity contribution in [3.05, 3.63) is 65.6 Å². The van der Waals surface area contributed by atoms with E-state index in [2.05, 4.69) is 15.6 Å². The van der Waals surface area contributed by atoms with Gasteiger partial charge in [0.15, 0.2) is 0 Å². The summed E-state index contributed by atoms with van der Waals surface area (Å²) >= 11 is 5.64. The Morgan fingerprint density at radius 2 is 1.75 bits per heavy atom. The molecule has 0 aliphatic heterocycles. The zero-order valence-electron chi connectivity index (χ0n) is 12.2. The van der Waals surface area contributed by atoms with Gasteiger partial charge in [0.2, 0.25) is 0 Å². The van der Waals surface area contributed by atoms with Crippen LogP contribution in [0.25, 0.3) is 10.9 Å². The third kappa shape index (κ3) is 3.33. The van der Waals surface area contributed by atoms with Gasteiger partial charge < -0.3 is 10.6 Å². The third-order valence-corrected chi connectivity index (χ3v) is 3.55. The standard InChI is InChI=1S/C17H11ClFN3O2/c18-12-9-11(6-7-13(12)19)21-16(23)17(24)22-14-5-1-3-10-4-2-8-20-15(10)14/h1-9H,(H,21,23)(H,22,24). The third-order valence-electron chi connectivity index (χ3n) is 3.26. The van der Waals surface area contributed by atoms with Crippen LogP contribution in [0.5, 0.6) is 0 Å². The molecule has 3 aromatic rings. The summed E-state index contributed by atoms with van der Waals surface area (Å²) in [5.74, 6) is -2.37. The van der Waals surface area contributed by atoms with Gasteiger partial charge in [0, 0.05) is 17.3 Å². The van der Waals surface area contributed by atoms with Crippen molar-refractivity contribution in [2.45, 2.75) is 0 Å². The molecule has 0 aliphatic carbocycles. The van der Waals surface area contributed by atoms with Crippen LogP contribution in [0.1, 0.15) is 0 Å². The first-order chi connectivity index (χ1) is 11.5. The minimum Gasteiger partial charge on any atom is -0.318 e.